The van der Waals surface area contributed by atoms with Crippen LogP contribution >= 0.6 is 0 Å². The number of rotatable bonds is 8. The highest BCUT2D eigenvalue weighted by atomic mass is 19.3. The Labute approximate surface area is 213 Å². The number of halogens is 3. The molecule has 0 bridgehead atoms. The van der Waals surface area contributed by atoms with E-state index in [1.54, 1.807) is 23.1 Å². The lowest BCUT2D eigenvalue weighted by atomic mass is 9.89. The Balaban J connectivity index is 1.30. The molecular formula is C28H27F3N2O4. The highest BCUT2D eigenvalue weighted by molar-refractivity contribution is 5.97. The van der Waals surface area contributed by atoms with Gasteiger partial charge in [0.05, 0.1) is 19.1 Å². The second-order valence-electron chi connectivity index (χ2n) is 8.76. The lowest BCUT2D eigenvalue weighted by Crippen LogP contribution is -2.38. The quantitative estimate of drug-likeness (QED) is 0.425. The van der Waals surface area contributed by atoms with E-state index in [1.807, 2.05) is 24.3 Å². The summed E-state index contributed by atoms with van der Waals surface area (Å²) in [5.74, 6) is -0.885. The Morgan fingerprint density at radius 1 is 1.00 bits per heavy atom. The van der Waals surface area contributed by atoms with Crippen molar-refractivity contribution in [2.24, 2.45) is 0 Å². The van der Waals surface area contributed by atoms with Crippen LogP contribution in [-0.4, -0.2) is 43.5 Å². The van der Waals surface area contributed by atoms with Crippen molar-refractivity contribution < 1.29 is 32.2 Å². The van der Waals surface area contributed by atoms with E-state index in [0.29, 0.717) is 24.3 Å². The fourth-order valence-electron chi connectivity index (χ4n) is 4.48. The number of likely N-dealkylation sites (tertiary alicyclic amines) is 1. The molecule has 1 saturated heterocycles. The minimum Gasteiger partial charge on any atom is -0.494 e. The van der Waals surface area contributed by atoms with Crippen molar-refractivity contribution in [2.45, 2.75) is 31.8 Å². The van der Waals surface area contributed by atoms with Crippen molar-refractivity contribution in [1.29, 1.82) is 0 Å². The molecule has 0 atom stereocenters. The van der Waals surface area contributed by atoms with Gasteiger partial charge in [-0.3, -0.25) is 9.59 Å². The lowest BCUT2D eigenvalue weighted by molar-refractivity contribution is -0.115. The summed E-state index contributed by atoms with van der Waals surface area (Å²) in [7, 11) is 1.38. The molecule has 1 aliphatic heterocycles. The number of hydrogen-bond donors (Lipinski definition) is 1. The Morgan fingerprint density at radius 3 is 2.35 bits per heavy atom. The van der Waals surface area contributed by atoms with E-state index in [1.165, 1.54) is 31.4 Å². The predicted octanol–water partition coefficient (Wildman–Crippen LogP) is 5.64. The zero-order valence-corrected chi connectivity index (χ0v) is 20.3. The first-order valence-corrected chi connectivity index (χ1v) is 11.9. The summed E-state index contributed by atoms with van der Waals surface area (Å²) < 4.78 is 48.6. The van der Waals surface area contributed by atoms with Gasteiger partial charge in [-0.05, 0) is 66.3 Å². The van der Waals surface area contributed by atoms with Gasteiger partial charge in [0.15, 0.2) is 11.6 Å². The number of para-hydroxylation sites is 1. The fraction of sp³-hybridized carbons (Fsp3) is 0.286. The molecule has 194 valence electrons. The molecule has 0 radical (unpaired) electrons. The maximum Gasteiger partial charge on any atom is 0.387 e. The highest BCUT2D eigenvalue weighted by Gasteiger charge is 2.26. The molecule has 1 N–H and O–H groups in total. The number of piperidine rings is 1. The number of benzene rings is 3. The van der Waals surface area contributed by atoms with Gasteiger partial charge in [-0.2, -0.15) is 8.78 Å². The van der Waals surface area contributed by atoms with Crippen molar-refractivity contribution in [1.82, 2.24) is 4.90 Å². The number of hydrogen-bond acceptors (Lipinski definition) is 4. The van der Waals surface area contributed by atoms with Crippen molar-refractivity contribution >= 4 is 17.5 Å². The fourth-order valence-corrected chi connectivity index (χ4v) is 4.48. The molecule has 1 heterocycles. The number of nitrogens with one attached hydrogen (secondary N) is 1. The van der Waals surface area contributed by atoms with E-state index in [4.69, 9.17) is 4.74 Å². The normalized spacial score (nSPS) is 13.9. The minimum absolute atomic E-state index is 0.0284. The summed E-state index contributed by atoms with van der Waals surface area (Å²) in [4.78, 5) is 26.9. The first-order chi connectivity index (χ1) is 17.8. The number of amides is 2. The molecule has 1 aliphatic rings. The summed E-state index contributed by atoms with van der Waals surface area (Å²) in [6.45, 7) is -2.02. The Hall–Kier alpha value is -4.01. The van der Waals surface area contributed by atoms with Gasteiger partial charge in [0.25, 0.3) is 5.91 Å². The second-order valence-corrected chi connectivity index (χ2v) is 8.76. The van der Waals surface area contributed by atoms with Crippen LogP contribution in [0.5, 0.6) is 11.5 Å². The number of carbonyl (C=O) groups excluding carboxylic acids is 2. The molecule has 0 unspecified atom stereocenters. The maximum absolute atomic E-state index is 13.9. The van der Waals surface area contributed by atoms with Crippen molar-refractivity contribution in [3.8, 4) is 11.5 Å². The molecular weight excluding hydrogens is 485 g/mol. The van der Waals surface area contributed by atoms with E-state index < -0.39 is 12.4 Å². The smallest absolute Gasteiger partial charge is 0.387 e. The Kier molecular flexibility index (Phi) is 8.32. The molecule has 0 aromatic heterocycles. The summed E-state index contributed by atoms with van der Waals surface area (Å²) in [6.07, 6.45) is 1.47. The third-order valence-electron chi connectivity index (χ3n) is 6.36. The zero-order chi connectivity index (χ0) is 26.4. The molecule has 2 amide bonds. The van der Waals surface area contributed by atoms with Crippen LogP contribution in [0, 0.1) is 5.82 Å². The van der Waals surface area contributed by atoms with Gasteiger partial charge in [-0.1, -0.05) is 30.3 Å². The molecule has 37 heavy (non-hydrogen) atoms. The molecule has 1 fully saturated rings. The van der Waals surface area contributed by atoms with E-state index in [-0.39, 0.29) is 41.2 Å². The van der Waals surface area contributed by atoms with Crippen LogP contribution in [0.15, 0.2) is 66.7 Å². The van der Waals surface area contributed by atoms with Gasteiger partial charge >= 0.3 is 6.61 Å². The zero-order valence-electron chi connectivity index (χ0n) is 20.3. The molecule has 0 aliphatic carbocycles. The third-order valence-corrected chi connectivity index (χ3v) is 6.36. The molecule has 4 rings (SSSR count). The topological polar surface area (TPSA) is 67.9 Å². The highest BCUT2D eigenvalue weighted by Crippen LogP contribution is 2.31. The number of methoxy groups -OCH3 is 1. The molecule has 6 nitrogen and oxygen atoms in total. The first-order valence-electron chi connectivity index (χ1n) is 11.9. The van der Waals surface area contributed by atoms with Crippen molar-refractivity contribution in [2.75, 3.05) is 25.5 Å². The van der Waals surface area contributed by atoms with Crippen molar-refractivity contribution in [3.05, 3.63) is 89.2 Å². The second kappa shape index (κ2) is 11.8. The van der Waals surface area contributed by atoms with Gasteiger partial charge in [0.1, 0.15) is 5.75 Å². The van der Waals surface area contributed by atoms with Crippen LogP contribution in [0.1, 0.15) is 40.2 Å². The van der Waals surface area contributed by atoms with Gasteiger partial charge in [0, 0.05) is 18.8 Å². The third kappa shape index (κ3) is 6.61. The predicted molar refractivity (Wildman–Crippen MR) is 133 cm³/mol. The standard InChI is InChI=1S/C28H27F3N2O4/c1-36-25-11-6-18(16-23(25)29)17-26(34)32-21-9-7-19(8-10-21)20-12-14-33(15-13-20)27(35)22-4-2-3-5-24(22)37-28(30)31/h2-11,16,20,28H,12-15,17H2,1H3,(H,32,34). The number of nitrogens with zero attached hydrogens (tertiary/aromatic N) is 1. The van der Waals surface area contributed by atoms with E-state index in [9.17, 15) is 22.8 Å². The number of alkyl halides is 2. The SMILES string of the molecule is COc1ccc(CC(=O)Nc2ccc(C3CCN(C(=O)c4ccccc4OC(F)F)CC3)cc2)cc1F. The minimum atomic E-state index is -3.00. The van der Waals surface area contributed by atoms with Crippen LogP contribution in [0.25, 0.3) is 0 Å². The van der Waals surface area contributed by atoms with Gasteiger partial charge in [-0.25, -0.2) is 4.39 Å². The van der Waals surface area contributed by atoms with Crippen molar-refractivity contribution in [3.63, 3.8) is 0 Å². The van der Waals surface area contributed by atoms with Crippen LogP contribution in [0.3, 0.4) is 0 Å². The monoisotopic (exact) mass is 512 g/mol. The van der Waals surface area contributed by atoms with E-state index >= 15 is 0 Å². The Bertz CT molecular complexity index is 1240. The average Bonchev–Trinajstić information content (AvgIpc) is 2.89. The van der Waals surface area contributed by atoms with Crippen LogP contribution in [-0.2, 0) is 11.2 Å². The van der Waals surface area contributed by atoms with Crippen LogP contribution < -0.4 is 14.8 Å². The molecule has 3 aromatic carbocycles. The largest absolute Gasteiger partial charge is 0.494 e. The molecule has 9 heteroatoms. The maximum atomic E-state index is 13.9. The molecule has 0 spiro atoms. The van der Waals surface area contributed by atoms with Gasteiger partial charge in [0.2, 0.25) is 5.91 Å². The summed E-state index contributed by atoms with van der Waals surface area (Å²) in [5.41, 5.74) is 2.38. The average molecular weight is 513 g/mol. The van der Waals surface area contributed by atoms with Gasteiger partial charge < -0.3 is 19.7 Å². The van der Waals surface area contributed by atoms with E-state index in [0.717, 1.165) is 18.4 Å². The first kappa shape index (κ1) is 26.1. The van der Waals surface area contributed by atoms with Gasteiger partial charge in [-0.15, -0.1) is 0 Å². The Morgan fingerprint density at radius 2 is 1.70 bits per heavy atom. The molecule has 0 saturated carbocycles. The summed E-state index contributed by atoms with van der Waals surface area (Å²) in [5, 5.41) is 2.82. The van der Waals surface area contributed by atoms with E-state index in [2.05, 4.69) is 10.1 Å². The summed E-state index contributed by atoms with van der Waals surface area (Å²) >= 11 is 0. The van der Waals surface area contributed by atoms with Crippen LogP contribution in [0.4, 0.5) is 18.9 Å². The van der Waals surface area contributed by atoms with Crippen LogP contribution in [0.2, 0.25) is 0 Å². The number of carbonyl (C=O) groups is 2. The molecule has 3 aromatic rings. The summed E-state index contributed by atoms with van der Waals surface area (Å²) in [6, 6.07) is 17.9. The number of anilines is 1. The lowest BCUT2D eigenvalue weighted by Gasteiger charge is -2.32. The number of ether oxygens (including phenoxy) is 2.